The van der Waals surface area contributed by atoms with E-state index >= 15 is 4.79 Å². The summed E-state index contributed by atoms with van der Waals surface area (Å²) in [5.74, 6) is 1.67. The van der Waals surface area contributed by atoms with Gasteiger partial charge in [-0.05, 0) is 53.2 Å². The number of nitrogens with zero attached hydrogens (tertiary/aromatic N) is 6. The van der Waals surface area contributed by atoms with E-state index in [1.807, 2.05) is 150 Å². The number of fused-ring (bicyclic) bond motifs is 13. The molecule has 0 aliphatic carbocycles. The quantitative estimate of drug-likeness (QED) is 0.167. The molecule has 0 unspecified atom stereocenters. The summed E-state index contributed by atoms with van der Waals surface area (Å²) in [5.41, 5.74) is 7.81. The largest absolute Gasteiger partial charge is 0.456 e. The highest BCUT2D eigenvalue weighted by molar-refractivity contribution is 6.22. The molecule has 5 heterocycles. The molecule has 0 fully saturated rings. The molecular weight excluding hydrogens is 705 g/mol. The van der Waals surface area contributed by atoms with E-state index in [2.05, 4.69) is 28.7 Å². The number of para-hydroxylation sites is 2. The summed E-state index contributed by atoms with van der Waals surface area (Å²) in [7, 11) is 0. The highest BCUT2D eigenvalue weighted by Gasteiger charge is 2.23. The number of hydrogen-bond acceptors (Lipinski definition) is 6. The van der Waals surface area contributed by atoms with Crippen molar-refractivity contribution in [2.45, 2.75) is 0 Å². The van der Waals surface area contributed by atoms with Crippen LogP contribution in [0, 0.1) is 0 Å². The Labute approximate surface area is 323 Å². The fourth-order valence-electron chi connectivity index (χ4n) is 8.44. The fraction of sp³-hybridized carbons (Fsp3) is 0. The second-order valence-corrected chi connectivity index (χ2v) is 14.2. The smallest absolute Gasteiger partial charge is 0.264 e. The van der Waals surface area contributed by atoms with E-state index in [1.165, 1.54) is 0 Å². The molecule has 8 nitrogen and oxygen atoms in total. The molecule has 8 heteroatoms. The van der Waals surface area contributed by atoms with Crippen molar-refractivity contribution in [3.8, 4) is 39.9 Å². The Balaban J connectivity index is 1.19. The van der Waals surface area contributed by atoms with E-state index in [-0.39, 0.29) is 5.56 Å². The van der Waals surface area contributed by atoms with Crippen LogP contribution in [0.2, 0.25) is 0 Å². The maximum Gasteiger partial charge on any atom is 0.264 e. The van der Waals surface area contributed by atoms with Gasteiger partial charge in [-0.15, -0.1) is 0 Å². The van der Waals surface area contributed by atoms with Gasteiger partial charge in [-0.2, -0.15) is 0 Å². The van der Waals surface area contributed by atoms with Crippen LogP contribution in [0.5, 0.6) is 0 Å². The maximum atomic E-state index is 15.0. The Morgan fingerprint density at radius 1 is 0.456 bits per heavy atom. The number of furan rings is 1. The molecule has 0 spiro atoms. The van der Waals surface area contributed by atoms with Crippen molar-refractivity contribution in [1.82, 2.24) is 28.9 Å². The van der Waals surface area contributed by atoms with Crippen molar-refractivity contribution >= 4 is 71.2 Å². The van der Waals surface area contributed by atoms with Crippen LogP contribution in [-0.2, 0) is 0 Å². The third-order valence-electron chi connectivity index (χ3n) is 11.0. The third kappa shape index (κ3) is 4.64. The Bertz CT molecular complexity index is 3610. The van der Waals surface area contributed by atoms with Crippen LogP contribution in [0.3, 0.4) is 0 Å². The van der Waals surface area contributed by atoms with Crippen molar-refractivity contribution < 1.29 is 4.42 Å². The first-order chi connectivity index (χ1) is 28.2. The molecule has 0 radical (unpaired) electrons. The van der Waals surface area contributed by atoms with Crippen molar-refractivity contribution in [2.24, 2.45) is 0 Å². The fourth-order valence-corrected chi connectivity index (χ4v) is 8.44. The van der Waals surface area contributed by atoms with Gasteiger partial charge in [-0.1, -0.05) is 127 Å². The molecule has 12 rings (SSSR count). The summed E-state index contributed by atoms with van der Waals surface area (Å²) in [6.07, 6.45) is 0. The minimum absolute atomic E-state index is 0.127. The van der Waals surface area contributed by atoms with E-state index < -0.39 is 0 Å². The molecular formula is C49H28N6O2. The highest BCUT2D eigenvalue weighted by atomic mass is 16.3. The molecule has 0 aliphatic rings. The third-order valence-corrected chi connectivity index (χ3v) is 11.0. The zero-order valence-corrected chi connectivity index (χ0v) is 30.2. The highest BCUT2D eigenvalue weighted by Crippen LogP contribution is 2.40. The second-order valence-electron chi connectivity index (χ2n) is 14.2. The summed E-state index contributed by atoms with van der Waals surface area (Å²) in [6.45, 7) is 0. The molecule has 5 aromatic heterocycles. The Morgan fingerprint density at radius 2 is 1.07 bits per heavy atom. The van der Waals surface area contributed by atoms with Gasteiger partial charge in [-0.3, -0.25) is 13.8 Å². The maximum absolute atomic E-state index is 15.0. The molecule has 0 bridgehead atoms. The van der Waals surface area contributed by atoms with Crippen LogP contribution in [0.4, 0.5) is 0 Å². The molecule has 0 amide bonds. The van der Waals surface area contributed by atoms with Crippen LogP contribution in [-0.4, -0.2) is 28.9 Å². The molecule has 0 aliphatic heterocycles. The molecule has 0 N–H and O–H groups in total. The Hall–Kier alpha value is -7.97. The number of imidazole rings is 1. The molecule has 12 aromatic rings. The summed E-state index contributed by atoms with van der Waals surface area (Å²) in [4.78, 5) is 35.2. The van der Waals surface area contributed by atoms with Gasteiger partial charge in [-0.25, -0.2) is 19.9 Å². The molecule has 7 aromatic carbocycles. The number of pyridine rings is 2. The second kappa shape index (κ2) is 12.0. The average molecular weight is 733 g/mol. The summed E-state index contributed by atoms with van der Waals surface area (Å²) >= 11 is 0. The molecule has 57 heavy (non-hydrogen) atoms. The Kier molecular flexibility index (Phi) is 6.62. The predicted molar refractivity (Wildman–Crippen MR) is 228 cm³/mol. The summed E-state index contributed by atoms with van der Waals surface area (Å²) in [6, 6.07) is 56.1. The lowest BCUT2D eigenvalue weighted by Crippen LogP contribution is -2.21. The van der Waals surface area contributed by atoms with Crippen LogP contribution in [0.1, 0.15) is 0 Å². The standard InChI is InChI=1S/C49H28N6O2/c56-49-35-21-10-8-19-33(35)43-32-18-7-9-20-34(32)47-50-38-23-11-12-24-39(38)55(47)48(43)54(49)31-26-27-40-37(28-31)42-36(22-13-25-41(42)57-40)46-52-44(29-14-3-1-4-15-29)51-45(53-46)30-16-5-2-6-17-30/h1-28H. The van der Waals surface area contributed by atoms with E-state index in [4.69, 9.17) is 24.4 Å². The van der Waals surface area contributed by atoms with Gasteiger partial charge in [0.15, 0.2) is 17.5 Å². The minimum Gasteiger partial charge on any atom is -0.456 e. The topological polar surface area (TPSA) is 91.1 Å². The molecule has 0 saturated heterocycles. The van der Waals surface area contributed by atoms with Gasteiger partial charge in [0.1, 0.15) is 22.5 Å². The summed E-state index contributed by atoms with van der Waals surface area (Å²) < 4.78 is 10.5. The van der Waals surface area contributed by atoms with Crippen molar-refractivity contribution in [3.63, 3.8) is 0 Å². The van der Waals surface area contributed by atoms with Gasteiger partial charge < -0.3 is 4.42 Å². The number of rotatable bonds is 4. The molecule has 0 atom stereocenters. The van der Waals surface area contributed by atoms with Gasteiger partial charge in [0.2, 0.25) is 0 Å². The SMILES string of the molecule is O=c1c2ccccc2c2c3ccccc3c3nc4ccccc4n3c2n1-c1ccc2oc3cccc(-c4nc(-c5ccccc5)nc(-c5ccccc5)n4)c3c2c1. The van der Waals surface area contributed by atoms with E-state index in [9.17, 15) is 0 Å². The Morgan fingerprint density at radius 3 is 1.81 bits per heavy atom. The minimum atomic E-state index is -0.127. The zero-order chi connectivity index (χ0) is 37.6. The van der Waals surface area contributed by atoms with E-state index in [0.29, 0.717) is 39.7 Å². The van der Waals surface area contributed by atoms with Crippen LogP contribution in [0.15, 0.2) is 179 Å². The predicted octanol–water partition coefficient (Wildman–Crippen LogP) is 11.2. The lowest BCUT2D eigenvalue weighted by molar-refractivity contribution is 0.669. The average Bonchev–Trinajstić information content (AvgIpc) is 3.86. The first-order valence-corrected chi connectivity index (χ1v) is 18.8. The first-order valence-electron chi connectivity index (χ1n) is 18.8. The van der Waals surface area contributed by atoms with Gasteiger partial charge in [0, 0.05) is 43.6 Å². The zero-order valence-electron chi connectivity index (χ0n) is 30.2. The van der Waals surface area contributed by atoms with E-state index in [1.54, 1.807) is 0 Å². The number of benzene rings is 7. The monoisotopic (exact) mass is 732 g/mol. The normalized spacial score (nSPS) is 11.9. The molecule has 266 valence electrons. The van der Waals surface area contributed by atoms with Gasteiger partial charge in [0.05, 0.1) is 16.7 Å². The first kappa shape index (κ1) is 31.4. The van der Waals surface area contributed by atoms with Crippen LogP contribution in [0.25, 0.3) is 111 Å². The lowest BCUT2D eigenvalue weighted by Gasteiger charge is -2.17. The van der Waals surface area contributed by atoms with Crippen LogP contribution < -0.4 is 5.56 Å². The summed E-state index contributed by atoms with van der Waals surface area (Å²) in [5, 5.41) is 6.21. The van der Waals surface area contributed by atoms with Gasteiger partial charge in [0.25, 0.3) is 5.56 Å². The van der Waals surface area contributed by atoms with E-state index in [0.717, 1.165) is 71.3 Å². The molecule has 0 saturated carbocycles. The lowest BCUT2D eigenvalue weighted by atomic mass is 10.0. The van der Waals surface area contributed by atoms with Crippen molar-refractivity contribution in [3.05, 3.63) is 180 Å². The van der Waals surface area contributed by atoms with Gasteiger partial charge >= 0.3 is 0 Å². The van der Waals surface area contributed by atoms with Crippen LogP contribution >= 0.6 is 0 Å². The van der Waals surface area contributed by atoms with Crippen molar-refractivity contribution in [2.75, 3.05) is 0 Å². The number of aromatic nitrogens is 6. The van der Waals surface area contributed by atoms with Crippen molar-refractivity contribution in [1.29, 1.82) is 0 Å². The number of hydrogen-bond donors (Lipinski definition) is 0.